The van der Waals surface area contributed by atoms with E-state index in [1.165, 1.54) is 27.4 Å². The van der Waals surface area contributed by atoms with Crippen molar-refractivity contribution >= 4 is 42.7 Å². The minimum Gasteiger partial charge on any atom is -0.367 e. The van der Waals surface area contributed by atoms with E-state index in [0.29, 0.717) is 0 Å². The number of rotatable bonds is 19. The summed E-state index contributed by atoms with van der Waals surface area (Å²) in [6, 6.07) is 0. The molecule has 0 bridgehead atoms. The lowest BCUT2D eigenvalue weighted by Crippen LogP contribution is -2.59. The van der Waals surface area contributed by atoms with Crippen LogP contribution in [-0.4, -0.2) is 185 Å². The third-order valence-electron chi connectivity index (χ3n) is 6.10. The molecule has 0 amide bonds. The van der Waals surface area contributed by atoms with E-state index in [-0.39, 0.29) is 62.0 Å². The molecule has 7 atom stereocenters. The van der Waals surface area contributed by atoms with Crippen LogP contribution in [0.2, 0.25) is 0 Å². The van der Waals surface area contributed by atoms with E-state index in [1.54, 1.807) is 6.92 Å². The molecule has 7 unspecified atom stereocenters. The SMILES string of the molecule is CC=C1N=C(N(COC)C(O)C=O)N=C(N(COC(O)C(O)OCN(C2=NC(N)N=C(N(COC)C(O)OC)N2)C(O)C=O)C(O)C=O)N1. The fraction of sp³-hybridized carbons (Fsp3) is 0.625. The van der Waals surface area contributed by atoms with Crippen molar-refractivity contribution in [3.8, 4) is 0 Å². The second-order valence-corrected chi connectivity index (χ2v) is 9.39. The molecule has 0 saturated carbocycles. The van der Waals surface area contributed by atoms with Crippen molar-refractivity contribution in [3.63, 3.8) is 0 Å². The Kier molecular flexibility index (Phi) is 17.0. The van der Waals surface area contributed by atoms with Gasteiger partial charge in [-0.05, 0) is 13.0 Å². The Morgan fingerprint density at radius 2 is 1.18 bits per heavy atom. The molecule has 0 saturated heterocycles. The molecular formula is C24H41N11O14. The lowest BCUT2D eigenvalue weighted by Gasteiger charge is -2.36. The maximum atomic E-state index is 11.5. The number of hydrogen-bond acceptors (Lipinski definition) is 25. The number of aliphatic hydroxyl groups excluding tert-OH is 6. The molecule has 0 radical (unpaired) electrons. The molecule has 0 aliphatic carbocycles. The highest BCUT2D eigenvalue weighted by molar-refractivity contribution is 6.01. The predicted molar refractivity (Wildman–Crippen MR) is 162 cm³/mol. The molecule has 25 nitrogen and oxygen atoms in total. The van der Waals surface area contributed by atoms with Gasteiger partial charge in [0, 0.05) is 21.3 Å². The Balaban J connectivity index is 2.20. The standard InChI is InChI=1S/C24H41N11O14/c1-5-13-26-20(32(9-45-2)14(39)6-36)30-21(27-13)33(15(40)7-37)11-48-17(42)18(43)49-12-34(16(41)8-38)22-28-19(25)29-23(31-22)35(10-46-3)24(44)47-4/h5-8,14-19,24,39-44H,9-12,25H2,1-4H3,(H,26,27,30)(H,28,29,31). The van der Waals surface area contributed by atoms with Crippen LogP contribution in [0.15, 0.2) is 31.9 Å². The normalized spacial score (nSPS) is 20.5. The summed E-state index contributed by atoms with van der Waals surface area (Å²) < 4.78 is 25.2. The van der Waals surface area contributed by atoms with E-state index in [0.717, 1.165) is 19.6 Å². The van der Waals surface area contributed by atoms with Gasteiger partial charge in [-0.25, -0.2) is 9.98 Å². The third-order valence-corrected chi connectivity index (χ3v) is 6.10. The number of hydrogen-bond donors (Lipinski definition) is 9. The number of carbonyl (C=O) groups is 3. The quantitative estimate of drug-likeness (QED) is 0.0445. The third kappa shape index (κ3) is 11.4. The zero-order valence-corrected chi connectivity index (χ0v) is 26.8. The topological polar surface area (TPSA) is 331 Å². The zero-order valence-electron chi connectivity index (χ0n) is 26.8. The first-order chi connectivity index (χ1) is 23.4. The van der Waals surface area contributed by atoms with E-state index >= 15 is 0 Å². The average molecular weight is 708 g/mol. The number of aldehydes is 3. The van der Waals surface area contributed by atoms with E-state index in [4.69, 9.17) is 29.4 Å². The first-order valence-electron chi connectivity index (χ1n) is 13.9. The molecule has 2 aliphatic heterocycles. The van der Waals surface area contributed by atoms with Gasteiger partial charge >= 0.3 is 0 Å². The van der Waals surface area contributed by atoms with Gasteiger partial charge in [0.1, 0.15) is 32.7 Å². The van der Waals surface area contributed by atoms with Gasteiger partial charge < -0.3 is 59.6 Å². The summed E-state index contributed by atoms with van der Waals surface area (Å²) in [7, 11) is 3.79. The molecule has 49 heavy (non-hydrogen) atoms. The van der Waals surface area contributed by atoms with Gasteiger partial charge in [0.15, 0.2) is 43.8 Å². The van der Waals surface area contributed by atoms with Crippen LogP contribution < -0.4 is 16.4 Å². The summed E-state index contributed by atoms with van der Waals surface area (Å²) in [5, 5.41) is 67.2. The number of nitrogens with one attached hydrogen (secondary N) is 2. The molecule has 276 valence electrons. The average Bonchev–Trinajstić information content (AvgIpc) is 3.11. The molecule has 10 N–H and O–H groups in total. The summed E-state index contributed by atoms with van der Waals surface area (Å²) >= 11 is 0. The second-order valence-electron chi connectivity index (χ2n) is 9.39. The number of ether oxygens (including phenoxy) is 5. The minimum atomic E-state index is -2.20. The number of allylic oxidation sites excluding steroid dienone is 1. The molecule has 0 aromatic rings. The number of aliphatic imine (C=N–C) groups is 4. The van der Waals surface area contributed by atoms with Gasteiger partial charge in [-0.3, -0.25) is 45.0 Å². The Morgan fingerprint density at radius 3 is 1.65 bits per heavy atom. The Hall–Kier alpha value is -4.25. The zero-order chi connectivity index (χ0) is 36.7. The van der Waals surface area contributed by atoms with Crippen LogP contribution in [0, 0.1) is 0 Å². The highest BCUT2D eigenvalue weighted by atomic mass is 16.7. The molecule has 0 spiro atoms. The van der Waals surface area contributed by atoms with Gasteiger partial charge in [-0.15, -0.1) is 0 Å². The highest BCUT2D eigenvalue weighted by Gasteiger charge is 2.32. The molecule has 2 rings (SSSR count). The number of nitrogens with zero attached hydrogens (tertiary/aromatic N) is 8. The van der Waals surface area contributed by atoms with E-state index in [2.05, 4.69) is 30.6 Å². The highest BCUT2D eigenvalue weighted by Crippen LogP contribution is 2.13. The lowest BCUT2D eigenvalue weighted by atomic mass is 10.4. The van der Waals surface area contributed by atoms with E-state index in [1.807, 2.05) is 0 Å². The fourth-order valence-corrected chi connectivity index (χ4v) is 3.65. The van der Waals surface area contributed by atoms with Crippen LogP contribution in [0.5, 0.6) is 0 Å². The summed E-state index contributed by atoms with van der Waals surface area (Å²) in [5.74, 6) is -0.983. The molecule has 0 aromatic heterocycles. The van der Waals surface area contributed by atoms with Crippen LogP contribution in [0.1, 0.15) is 6.92 Å². The largest absolute Gasteiger partial charge is 0.367 e. The van der Waals surface area contributed by atoms with Crippen LogP contribution >= 0.6 is 0 Å². The Labute approximate surface area is 278 Å². The summed E-state index contributed by atoms with van der Waals surface area (Å²) in [6.07, 6.45) is -11.1. The summed E-state index contributed by atoms with van der Waals surface area (Å²) in [6.45, 7) is -0.739. The lowest BCUT2D eigenvalue weighted by molar-refractivity contribution is -0.271. The van der Waals surface area contributed by atoms with Crippen molar-refractivity contribution in [2.45, 2.75) is 50.9 Å². The van der Waals surface area contributed by atoms with Crippen molar-refractivity contribution in [2.75, 3.05) is 48.3 Å². The molecule has 2 heterocycles. The van der Waals surface area contributed by atoms with Gasteiger partial charge in [0.25, 0.3) is 0 Å². The number of nitrogens with two attached hydrogens (primary N) is 1. The predicted octanol–water partition coefficient (Wildman–Crippen LogP) is -6.80. The summed E-state index contributed by atoms with van der Waals surface area (Å²) in [4.78, 5) is 54.0. The second kappa shape index (κ2) is 20.3. The Bertz CT molecular complexity index is 1250. The van der Waals surface area contributed by atoms with Crippen molar-refractivity contribution < 1.29 is 68.7 Å². The van der Waals surface area contributed by atoms with Gasteiger partial charge in [-0.1, -0.05) is 0 Å². The summed E-state index contributed by atoms with van der Waals surface area (Å²) in [5.41, 5.74) is 5.86. The number of carbonyl (C=O) groups excluding carboxylic acids is 3. The van der Waals surface area contributed by atoms with Crippen LogP contribution in [0.3, 0.4) is 0 Å². The molecule has 0 aromatic carbocycles. The van der Waals surface area contributed by atoms with Crippen LogP contribution in [0.4, 0.5) is 0 Å². The maximum absolute atomic E-state index is 11.5. The number of guanidine groups is 4. The van der Waals surface area contributed by atoms with Gasteiger partial charge in [-0.2, -0.15) is 9.98 Å². The minimum absolute atomic E-state index is 0.0791. The fourth-order valence-electron chi connectivity index (χ4n) is 3.65. The van der Waals surface area contributed by atoms with E-state index in [9.17, 15) is 45.0 Å². The van der Waals surface area contributed by atoms with Crippen molar-refractivity contribution in [1.29, 1.82) is 0 Å². The maximum Gasteiger partial charge on any atom is 0.241 e. The molecular weight excluding hydrogens is 666 g/mol. The number of aliphatic hydroxyl groups is 6. The first-order valence-corrected chi connectivity index (χ1v) is 13.9. The van der Waals surface area contributed by atoms with Crippen molar-refractivity contribution in [1.82, 2.24) is 30.2 Å². The van der Waals surface area contributed by atoms with Crippen molar-refractivity contribution in [2.24, 2.45) is 25.7 Å². The molecule has 2 aliphatic rings. The monoisotopic (exact) mass is 707 g/mol. The van der Waals surface area contributed by atoms with Crippen molar-refractivity contribution in [3.05, 3.63) is 11.9 Å². The first kappa shape index (κ1) is 40.9. The molecule has 25 heteroatoms. The molecule has 0 fully saturated rings. The van der Waals surface area contributed by atoms with Gasteiger partial charge in [0.2, 0.25) is 42.8 Å². The van der Waals surface area contributed by atoms with Crippen LogP contribution in [-0.2, 0) is 38.1 Å². The van der Waals surface area contributed by atoms with Gasteiger partial charge in [0.05, 0.1) is 0 Å². The van der Waals surface area contributed by atoms with Crippen LogP contribution in [0.25, 0.3) is 0 Å². The Morgan fingerprint density at radius 1 is 0.714 bits per heavy atom. The van der Waals surface area contributed by atoms with E-state index < -0.39 is 57.4 Å². The smallest absolute Gasteiger partial charge is 0.241 e. The number of methoxy groups -OCH3 is 3.